The van der Waals surface area contributed by atoms with Crippen LogP contribution in [0.1, 0.15) is 40.0 Å². The molecule has 21 heavy (non-hydrogen) atoms. The van der Waals surface area contributed by atoms with Crippen LogP contribution in [-0.4, -0.2) is 23.8 Å². The molecule has 1 fully saturated rings. The van der Waals surface area contributed by atoms with Crippen molar-refractivity contribution in [3.05, 3.63) is 29.3 Å². The lowest BCUT2D eigenvalue weighted by atomic mass is 10.2. The van der Waals surface area contributed by atoms with Gasteiger partial charge < -0.3 is 15.4 Å². The van der Waals surface area contributed by atoms with Crippen LogP contribution in [0.5, 0.6) is 0 Å². The maximum atomic E-state index is 11.8. The molecule has 2 rings (SSSR count). The third-order valence-corrected chi connectivity index (χ3v) is 3.58. The highest BCUT2D eigenvalue weighted by atomic mass is 35.5. The standard InChI is InChI=1S/C16H23ClN2O2/c1-16(2,3)21-15(20)19-14-8-7-13(10-14)18-12-6-4-5-11(17)9-12/h4-6,9,13-14,18H,7-8,10H2,1-3H3,(H,19,20). The third kappa shape index (κ3) is 5.46. The number of nitrogens with one attached hydrogen (secondary N) is 2. The van der Waals surface area contributed by atoms with Gasteiger partial charge in [0.05, 0.1) is 0 Å². The highest BCUT2D eigenvalue weighted by Crippen LogP contribution is 2.24. The van der Waals surface area contributed by atoms with Crippen molar-refractivity contribution in [1.29, 1.82) is 0 Å². The van der Waals surface area contributed by atoms with E-state index >= 15 is 0 Å². The average molecular weight is 311 g/mol. The van der Waals surface area contributed by atoms with Crippen LogP contribution in [0.15, 0.2) is 24.3 Å². The zero-order chi connectivity index (χ0) is 15.5. The largest absolute Gasteiger partial charge is 0.444 e. The maximum Gasteiger partial charge on any atom is 0.407 e. The first kappa shape index (κ1) is 16.0. The van der Waals surface area contributed by atoms with Crippen molar-refractivity contribution in [1.82, 2.24) is 5.32 Å². The predicted octanol–water partition coefficient (Wildman–Crippen LogP) is 4.20. The van der Waals surface area contributed by atoms with Gasteiger partial charge in [0.2, 0.25) is 0 Å². The van der Waals surface area contributed by atoms with Crippen molar-refractivity contribution in [2.24, 2.45) is 0 Å². The minimum absolute atomic E-state index is 0.163. The molecule has 0 heterocycles. The first-order valence-electron chi connectivity index (χ1n) is 7.33. The molecular formula is C16H23ClN2O2. The molecule has 0 radical (unpaired) electrons. The summed E-state index contributed by atoms with van der Waals surface area (Å²) in [6.07, 6.45) is 2.53. The monoisotopic (exact) mass is 310 g/mol. The Kier molecular flexibility index (Phi) is 4.99. The lowest BCUT2D eigenvalue weighted by molar-refractivity contribution is 0.0505. The predicted molar refractivity (Wildman–Crippen MR) is 85.9 cm³/mol. The molecule has 0 saturated heterocycles. The number of amides is 1. The van der Waals surface area contributed by atoms with Crippen LogP contribution in [0, 0.1) is 0 Å². The summed E-state index contributed by atoms with van der Waals surface area (Å²) < 4.78 is 5.28. The van der Waals surface area contributed by atoms with Gasteiger partial charge in [0.15, 0.2) is 0 Å². The Morgan fingerprint density at radius 3 is 2.67 bits per heavy atom. The number of benzene rings is 1. The summed E-state index contributed by atoms with van der Waals surface area (Å²) in [5, 5.41) is 7.12. The van der Waals surface area contributed by atoms with Gasteiger partial charge in [-0.3, -0.25) is 0 Å². The van der Waals surface area contributed by atoms with Gasteiger partial charge >= 0.3 is 6.09 Å². The van der Waals surface area contributed by atoms with E-state index in [1.807, 2.05) is 45.0 Å². The molecule has 116 valence electrons. The van der Waals surface area contributed by atoms with E-state index in [0.29, 0.717) is 6.04 Å². The van der Waals surface area contributed by atoms with E-state index in [0.717, 1.165) is 30.0 Å². The van der Waals surface area contributed by atoms with Gasteiger partial charge in [-0.1, -0.05) is 17.7 Å². The van der Waals surface area contributed by atoms with E-state index in [1.54, 1.807) is 0 Å². The lowest BCUT2D eigenvalue weighted by Gasteiger charge is -2.22. The summed E-state index contributed by atoms with van der Waals surface area (Å²) in [5.74, 6) is 0. The van der Waals surface area contributed by atoms with Gasteiger partial charge in [-0.2, -0.15) is 0 Å². The second-order valence-corrected chi connectivity index (χ2v) is 6.94. The maximum absolute atomic E-state index is 11.8. The Labute approximate surface area is 131 Å². The van der Waals surface area contributed by atoms with Crippen molar-refractivity contribution < 1.29 is 9.53 Å². The lowest BCUT2D eigenvalue weighted by Crippen LogP contribution is -2.38. The van der Waals surface area contributed by atoms with E-state index in [2.05, 4.69) is 10.6 Å². The van der Waals surface area contributed by atoms with Crippen molar-refractivity contribution in [2.45, 2.75) is 57.7 Å². The molecule has 2 N–H and O–H groups in total. The summed E-state index contributed by atoms with van der Waals surface area (Å²) in [5.41, 5.74) is 0.562. The summed E-state index contributed by atoms with van der Waals surface area (Å²) in [6, 6.07) is 8.21. The minimum atomic E-state index is -0.457. The fourth-order valence-corrected chi connectivity index (χ4v) is 2.72. The van der Waals surface area contributed by atoms with Gasteiger partial charge in [-0.05, 0) is 58.2 Å². The van der Waals surface area contributed by atoms with Gasteiger partial charge in [0, 0.05) is 22.8 Å². The fourth-order valence-electron chi connectivity index (χ4n) is 2.53. The number of hydrogen-bond acceptors (Lipinski definition) is 3. The molecule has 1 amide bonds. The zero-order valence-corrected chi connectivity index (χ0v) is 13.5. The van der Waals surface area contributed by atoms with Crippen molar-refractivity contribution in [2.75, 3.05) is 5.32 Å². The van der Waals surface area contributed by atoms with Crippen LogP contribution >= 0.6 is 11.6 Å². The fraction of sp³-hybridized carbons (Fsp3) is 0.562. The Morgan fingerprint density at radius 2 is 2.00 bits per heavy atom. The van der Waals surface area contributed by atoms with Crippen LogP contribution in [-0.2, 0) is 4.74 Å². The van der Waals surface area contributed by atoms with Gasteiger partial charge in [-0.25, -0.2) is 4.79 Å². The Balaban J connectivity index is 1.80. The molecular weight excluding hydrogens is 288 g/mol. The molecule has 5 heteroatoms. The average Bonchev–Trinajstić information content (AvgIpc) is 2.73. The molecule has 1 aliphatic carbocycles. The number of alkyl carbamates (subject to hydrolysis) is 1. The second kappa shape index (κ2) is 6.56. The van der Waals surface area contributed by atoms with E-state index in [1.165, 1.54) is 0 Å². The van der Waals surface area contributed by atoms with Gasteiger partial charge in [0.25, 0.3) is 0 Å². The quantitative estimate of drug-likeness (QED) is 0.879. The van der Waals surface area contributed by atoms with Crippen LogP contribution in [0.4, 0.5) is 10.5 Å². The number of ether oxygens (including phenoxy) is 1. The summed E-state index contributed by atoms with van der Waals surface area (Å²) in [4.78, 5) is 11.8. The van der Waals surface area contributed by atoms with Crippen LogP contribution < -0.4 is 10.6 Å². The van der Waals surface area contributed by atoms with Gasteiger partial charge in [-0.15, -0.1) is 0 Å². The van der Waals surface area contributed by atoms with Crippen LogP contribution in [0.25, 0.3) is 0 Å². The SMILES string of the molecule is CC(C)(C)OC(=O)NC1CCC(Nc2cccc(Cl)c2)C1. The number of hydrogen-bond donors (Lipinski definition) is 2. The molecule has 0 aliphatic heterocycles. The van der Waals surface area contributed by atoms with Crippen LogP contribution in [0.3, 0.4) is 0 Å². The number of carbonyl (C=O) groups excluding carboxylic acids is 1. The Hall–Kier alpha value is -1.42. The number of rotatable bonds is 3. The highest BCUT2D eigenvalue weighted by molar-refractivity contribution is 6.30. The smallest absolute Gasteiger partial charge is 0.407 e. The first-order chi connectivity index (χ1) is 9.82. The number of halogens is 1. The summed E-state index contributed by atoms with van der Waals surface area (Å²) in [6.45, 7) is 5.60. The van der Waals surface area contributed by atoms with Crippen LogP contribution in [0.2, 0.25) is 5.02 Å². The van der Waals surface area contributed by atoms with E-state index in [-0.39, 0.29) is 12.1 Å². The first-order valence-corrected chi connectivity index (χ1v) is 7.71. The minimum Gasteiger partial charge on any atom is -0.444 e. The molecule has 1 aliphatic rings. The molecule has 0 bridgehead atoms. The third-order valence-electron chi connectivity index (χ3n) is 3.35. The molecule has 1 saturated carbocycles. The van der Waals surface area contributed by atoms with Crippen molar-refractivity contribution in [3.63, 3.8) is 0 Å². The second-order valence-electron chi connectivity index (χ2n) is 6.51. The zero-order valence-electron chi connectivity index (χ0n) is 12.8. The Morgan fingerprint density at radius 1 is 1.29 bits per heavy atom. The normalized spacial score (nSPS) is 21.9. The summed E-state index contributed by atoms with van der Waals surface area (Å²) >= 11 is 5.98. The molecule has 1 aromatic carbocycles. The molecule has 4 nitrogen and oxygen atoms in total. The molecule has 2 unspecified atom stereocenters. The van der Waals surface area contributed by atoms with Gasteiger partial charge in [0.1, 0.15) is 5.60 Å². The van der Waals surface area contributed by atoms with E-state index in [9.17, 15) is 4.79 Å². The topological polar surface area (TPSA) is 50.4 Å². The highest BCUT2D eigenvalue weighted by Gasteiger charge is 2.27. The Bertz CT molecular complexity index is 499. The molecule has 1 aromatic rings. The van der Waals surface area contributed by atoms with Crippen molar-refractivity contribution >= 4 is 23.4 Å². The molecule has 0 aromatic heterocycles. The van der Waals surface area contributed by atoms with Crippen molar-refractivity contribution in [3.8, 4) is 0 Å². The van der Waals surface area contributed by atoms with E-state index in [4.69, 9.17) is 16.3 Å². The number of carbonyl (C=O) groups is 1. The molecule has 2 atom stereocenters. The van der Waals surface area contributed by atoms with E-state index < -0.39 is 5.60 Å². The summed E-state index contributed by atoms with van der Waals surface area (Å²) in [7, 11) is 0. The number of anilines is 1. The molecule has 0 spiro atoms.